The van der Waals surface area contributed by atoms with Gasteiger partial charge in [-0.25, -0.2) is 4.42 Å². The Kier molecular flexibility index (Phi) is 3.23. The molecule has 0 aromatic heterocycles. The average Bonchev–Trinajstić information content (AvgIpc) is 1.64. The van der Waals surface area contributed by atoms with Crippen LogP contribution in [0.4, 0.5) is 0 Å². The van der Waals surface area contributed by atoms with Gasteiger partial charge in [-0.05, 0) is 32.5 Å². The molecule has 0 saturated carbocycles. The van der Waals surface area contributed by atoms with Crippen molar-refractivity contribution < 1.29 is 0 Å². The zero-order valence-corrected chi connectivity index (χ0v) is 7.07. The summed E-state index contributed by atoms with van der Waals surface area (Å²) in [5.41, 5.74) is 0.0374. The van der Waals surface area contributed by atoms with E-state index in [1.165, 1.54) is 0 Å². The second kappa shape index (κ2) is 3.23. The predicted octanol–water partition coefficient (Wildman–Crippen LogP) is 2.43. The minimum atomic E-state index is 0.0374. The van der Waals surface area contributed by atoms with Crippen molar-refractivity contribution in [2.45, 2.75) is 26.3 Å². The summed E-state index contributed by atoms with van der Waals surface area (Å²) in [6.07, 6.45) is 1.79. The van der Waals surface area contributed by atoms with Gasteiger partial charge in [0.25, 0.3) is 0 Å². The molecule has 0 aromatic carbocycles. The normalized spacial score (nSPS) is 12.1. The van der Waals surface area contributed by atoms with Gasteiger partial charge in [-0.2, -0.15) is 0 Å². The lowest BCUT2D eigenvalue weighted by Gasteiger charge is -2.27. The first-order chi connectivity index (χ1) is 3.98. The fraction of sp³-hybridized carbons (Fsp3) is 0.714. The average molecular weight is 148 g/mol. The summed E-state index contributed by atoms with van der Waals surface area (Å²) < 4.78 is 1.72. The Hall–Kier alpha value is -0.0100. The maximum atomic E-state index is 5.82. The molecule has 9 heavy (non-hydrogen) atoms. The van der Waals surface area contributed by atoms with Crippen LogP contribution in [0.2, 0.25) is 0 Å². The SMILES string of the molecule is C=CCN(Cl)C(C)(C)C. The van der Waals surface area contributed by atoms with E-state index >= 15 is 0 Å². The summed E-state index contributed by atoms with van der Waals surface area (Å²) in [4.78, 5) is 0. The van der Waals surface area contributed by atoms with Crippen LogP contribution in [0.15, 0.2) is 12.7 Å². The summed E-state index contributed by atoms with van der Waals surface area (Å²) in [6, 6.07) is 0. The molecule has 0 N–H and O–H groups in total. The Morgan fingerprint density at radius 2 is 2.00 bits per heavy atom. The van der Waals surface area contributed by atoms with Gasteiger partial charge in [0.1, 0.15) is 0 Å². The minimum absolute atomic E-state index is 0.0374. The molecule has 0 aliphatic carbocycles. The number of hydrogen-bond donors (Lipinski definition) is 0. The predicted molar refractivity (Wildman–Crippen MR) is 42.5 cm³/mol. The molecular formula is C7H14ClN. The molecule has 0 amide bonds. The Morgan fingerprint density at radius 3 is 2.11 bits per heavy atom. The molecule has 0 saturated heterocycles. The molecule has 1 nitrogen and oxygen atoms in total. The standard InChI is InChI=1S/C7H14ClN/c1-5-6-9(8)7(2,3)4/h5H,1,6H2,2-4H3. The third kappa shape index (κ3) is 3.55. The van der Waals surface area contributed by atoms with Crippen molar-refractivity contribution in [2.75, 3.05) is 6.54 Å². The van der Waals surface area contributed by atoms with Gasteiger partial charge in [0.15, 0.2) is 0 Å². The van der Waals surface area contributed by atoms with E-state index in [1.54, 1.807) is 10.5 Å². The second-order valence-electron chi connectivity index (χ2n) is 3.00. The number of rotatable bonds is 2. The van der Waals surface area contributed by atoms with Crippen LogP contribution in [0.3, 0.4) is 0 Å². The Morgan fingerprint density at radius 1 is 1.56 bits per heavy atom. The van der Waals surface area contributed by atoms with Crippen molar-refractivity contribution in [1.29, 1.82) is 0 Å². The van der Waals surface area contributed by atoms with Gasteiger partial charge in [-0.3, -0.25) is 0 Å². The van der Waals surface area contributed by atoms with Crippen LogP contribution >= 0.6 is 11.8 Å². The molecule has 0 spiro atoms. The maximum absolute atomic E-state index is 5.82. The molecule has 0 aliphatic rings. The van der Waals surface area contributed by atoms with Crippen LogP contribution < -0.4 is 0 Å². The zero-order valence-electron chi connectivity index (χ0n) is 6.32. The number of nitrogens with zero attached hydrogens (tertiary/aromatic N) is 1. The smallest absolute Gasteiger partial charge is 0.0323 e. The largest absolute Gasteiger partial charge is 0.211 e. The molecule has 0 fully saturated rings. The van der Waals surface area contributed by atoms with E-state index in [1.807, 2.05) is 0 Å². The van der Waals surface area contributed by atoms with Crippen molar-refractivity contribution in [3.8, 4) is 0 Å². The third-order valence-electron chi connectivity index (χ3n) is 1.02. The van der Waals surface area contributed by atoms with E-state index < -0.39 is 0 Å². The highest BCUT2D eigenvalue weighted by Gasteiger charge is 2.16. The molecule has 2 heteroatoms. The lowest BCUT2D eigenvalue weighted by Crippen LogP contribution is -2.33. The van der Waals surface area contributed by atoms with Gasteiger partial charge in [0, 0.05) is 12.1 Å². The summed E-state index contributed by atoms with van der Waals surface area (Å²) in [5, 5.41) is 0. The fourth-order valence-electron chi connectivity index (χ4n) is 0.387. The zero-order chi connectivity index (χ0) is 7.49. The van der Waals surface area contributed by atoms with E-state index in [0.717, 1.165) is 6.54 Å². The van der Waals surface area contributed by atoms with Crippen molar-refractivity contribution in [3.63, 3.8) is 0 Å². The first kappa shape index (κ1) is 8.99. The van der Waals surface area contributed by atoms with Gasteiger partial charge < -0.3 is 0 Å². The van der Waals surface area contributed by atoms with Gasteiger partial charge in [0.2, 0.25) is 0 Å². The highest BCUT2D eigenvalue weighted by molar-refractivity contribution is 6.13. The summed E-state index contributed by atoms with van der Waals surface area (Å²) in [7, 11) is 0. The number of hydrogen-bond acceptors (Lipinski definition) is 1. The van der Waals surface area contributed by atoms with Crippen LogP contribution in [-0.4, -0.2) is 16.5 Å². The van der Waals surface area contributed by atoms with Gasteiger partial charge >= 0.3 is 0 Å². The van der Waals surface area contributed by atoms with Crippen molar-refractivity contribution >= 4 is 11.8 Å². The number of halogens is 1. The van der Waals surface area contributed by atoms with Crippen LogP contribution in [-0.2, 0) is 0 Å². The maximum Gasteiger partial charge on any atom is 0.0323 e. The Balaban J connectivity index is 3.72. The van der Waals surface area contributed by atoms with Gasteiger partial charge in [-0.1, -0.05) is 6.08 Å². The van der Waals surface area contributed by atoms with Gasteiger partial charge in [0.05, 0.1) is 0 Å². The van der Waals surface area contributed by atoms with E-state index in [4.69, 9.17) is 11.8 Å². The molecule has 0 atom stereocenters. The van der Waals surface area contributed by atoms with E-state index in [2.05, 4.69) is 27.4 Å². The van der Waals surface area contributed by atoms with Crippen LogP contribution in [0.25, 0.3) is 0 Å². The van der Waals surface area contributed by atoms with Gasteiger partial charge in [-0.15, -0.1) is 6.58 Å². The molecule has 0 bridgehead atoms. The van der Waals surface area contributed by atoms with E-state index in [-0.39, 0.29) is 5.54 Å². The highest BCUT2D eigenvalue weighted by atomic mass is 35.5. The van der Waals surface area contributed by atoms with Crippen LogP contribution in [0.5, 0.6) is 0 Å². The molecule has 54 valence electrons. The summed E-state index contributed by atoms with van der Waals surface area (Å²) in [6.45, 7) is 10.5. The van der Waals surface area contributed by atoms with Crippen molar-refractivity contribution in [2.24, 2.45) is 0 Å². The lowest BCUT2D eigenvalue weighted by atomic mass is 10.1. The lowest BCUT2D eigenvalue weighted by molar-refractivity contribution is 0.284. The third-order valence-corrected chi connectivity index (χ3v) is 1.66. The molecule has 0 aromatic rings. The second-order valence-corrected chi connectivity index (χ2v) is 3.41. The minimum Gasteiger partial charge on any atom is -0.211 e. The van der Waals surface area contributed by atoms with Crippen LogP contribution in [0, 0.1) is 0 Å². The Labute approximate surface area is 62.4 Å². The van der Waals surface area contributed by atoms with Crippen LogP contribution in [0.1, 0.15) is 20.8 Å². The molecule has 0 heterocycles. The molecule has 0 aliphatic heterocycles. The highest BCUT2D eigenvalue weighted by Crippen LogP contribution is 2.14. The first-order valence-electron chi connectivity index (χ1n) is 3.03. The monoisotopic (exact) mass is 147 g/mol. The molecule has 0 rings (SSSR count). The van der Waals surface area contributed by atoms with E-state index in [9.17, 15) is 0 Å². The Bertz CT molecular complexity index is 93.6. The van der Waals surface area contributed by atoms with Crippen molar-refractivity contribution in [3.05, 3.63) is 12.7 Å². The summed E-state index contributed by atoms with van der Waals surface area (Å²) >= 11 is 5.82. The van der Waals surface area contributed by atoms with Crippen molar-refractivity contribution in [1.82, 2.24) is 4.42 Å². The van der Waals surface area contributed by atoms with E-state index in [0.29, 0.717) is 0 Å². The molecule has 0 unspecified atom stereocenters. The summed E-state index contributed by atoms with van der Waals surface area (Å²) in [5.74, 6) is 0. The quantitative estimate of drug-likeness (QED) is 0.429. The molecular weight excluding hydrogens is 134 g/mol. The first-order valence-corrected chi connectivity index (χ1v) is 3.36. The molecule has 0 radical (unpaired) electrons. The topological polar surface area (TPSA) is 3.24 Å². The fourth-order valence-corrected chi connectivity index (χ4v) is 0.485.